The molecule has 5 nitrogen and oxygen atoms in total. The van der Waals surface area contributed by atoms with Crippen LogP contribution in [0.2, 0.25) is 0 Å². The van der Waals surface area contributed by atoms with E-state index in [1.54, 1.807) is 32.0 Å². The summed E-state index contributed by atoms with van der Waals surface area (Å²) < 4.78 is 5.14. The molecule has 0 unspecified atom stereocenters. The molecule has 1 atom stereocenters. The summed E-state index contributed by atoms with van der Waals surface area (Å²) in [6.07, 6.45) is 0. The van der Waals surface area contributed by atoms with Crippen LogP contribution in [0.4, 0.5) is 0 Å². The smallest absolute Gasteiger partial charge is 0.326 e. The molecule has 1 aromatic rings. The molecule has 0 saturated carbocycles. The molecular weight excluding hydrogens is 246 g/mol. The number of hydrogen-bond donors (Lipinski definition) is 2. The maximum absolute atomic E-state index is 12.0. The number of methoxy groups -OCH3 is 1. The molecule has 104 valence electrons. The lowest BCUT2D eigenvalue weighted by Gasteiger charge is -2.18. The van der Waals surface area contributed by atoms with Gasteiger partial charge in [-0.1, -0.05) is 19.9 Å². The lowest BCUT2D eigenvalue weighted by Crippen LogP contribution is -2.44. The van der Waals surface area contributed by atoms with Gasteiger partial charge in [0.25, 0.3) is 5.91 Å². The van der Waals surface area contributed by atoms with E-state index in [9.17, 15) is 9.59 Å². The highest BCUT2D eigenvalue weighted by atomic mass is 16.5. The van der Waals surface area contributed by atoms with Crippen molar-refractivity contribution in [1.82, 2.24) is 5.32 Å². The van der Waals surface area contributed by atoms with Crippen LogP contribution in [0.25, 0.3) is 0 Å². The van der Waals surface area contributed by atoms with E-state index in [1.807, 2.05) is 6.92 Å². The molecule has 0 spiro atoms. The number of benzene rings is 1. The summed E-state index contributed by atoms with van der Waals surface area (Å²) in [4.78, 5) is 23.1. The summed E-state index contributed by atoms with van der Waals surface area (Å²) in [6.45, 7) is 5.36. The van der Waals surface area contributed by atoms with Gasteiger partial charge in [0.15, 0.2) is 0 Å². The molecule has 0 aliphatic carbocycles. The zero-order valence-corrected chi connectivity index (χ0v) is 11.6. The summed E-state index contributed by atoms with van der Waals surface area (Å²) in [5.74, 6) is -1.04. The Morgan fingerprint density at radius 2 is 1.95 bits per heavy atom. The van der Waals surface area contributed by atoms with Gasteiger partial charge in [0.2, 0.25) is 0 Å². The Balaban J connectivity index is 2.91. The van der Waals surface area contributed by atoms with Gasteiger partial charge < -0.3 is 15.2 Å². The van der Waals surface area contributed by atoms with Gasteiger partial charge in [0, 0.05) is 5.56 Å². The van der Waals surface area contributed by atoms with Crippen LogP contribution in [0, 0.1) is 12.8 Å². The summed E-state index contributed by atoms with van der Waals surface area (Å²) in [5.41, 5.74) is 1.30. The Hall–Kier alpha value is -2.04. The van der Waals surface area contributed by atoms with E-state index in [-0.39, 0.29) is 5.92 Å². The normalized spacial score (nSPS) is 12.1. The van der Waals surface area contributed by atoms with Crippen LogP contribution >= 0.6 is 0 Å². The Kier molecular flexibility index (Phi) is 4.92. The van der Waals surface area contributed by atoms with Crippen LogP contribution in [-0.4, -0.2) is 30.1 Å². The van der Waals surface area contributed by atoms with Crippen LogP contribution in [-0.2, 0) is 4.79 Å². The Labute approximate surface area is 112 Å². The highest BCUT2D eigenvalue weighted by Crippen LogP contribution is 2.19. The van der Waals surface area contributed by atoms with E-state index in [1.165, 1.54) is 7.11 Å². The Bertz CT molecular complexity index is 482. The van der Waals surface area contributed by atoms with Crippen molar-refractivity contribution in [3.05, 3.63) is 29.3 Å². The number of rotatable bonds is 5. The minimum absolute atomic E-state index is 0.186. The molecule has 0 radical (unpaired) electrons. The lowest BCUT2D eigenvalue weighted by molar-refractivity contribution is -0.140. The predicted octanol–water partition coefficient (Wildman–Crippen LogP) is 1.84. The molecule has 0 fully saturated rings. The highest BCUT2D eigenvalue weighted by molar-refractivity contribution is 5.97. The fraction of sp³-hybridized carbons (Fsp3) is 0.429. The average Bonchev–Trinajstić information content (AvgIpc) is 2.35. The molecule has 0 aliphatic rings. The van der Waals surface area contributed by atoms with Crippen molar-refractivity contribution in [2.24, 2.45) is 5.92 Å². The van der Waals surface area contributed by atoms with Crippen molar-refractivity contribution < 1.29 is 19.4 Å². The number of aliphatic carboxylic acids is 1. The number of nitrogens with one attached hydrogen (secondary N) is 1. The first-order valence-electron chi connectivity index (χ1n) is 6.05. The van der Waals surface area contributed by atoms with Gasteiger partial charge in [0.05, 0.1) is 7.11 Å². The number of aryl methyl sites for hydroxylation is 1. The van der Waals surface area contributed by atoms with Gasteiger partial charge in [-0.05, 0) is 30.5 Å². The van der Waals surface area contributed by atoms with E-state index < -0.39 is 17.9 Å². The maximum Gasteiger partial charge on any atom is 0.326 e. The summed E-state index contributed by atoms with van der Waals surface area (Å²) in [7, 11) is 1.53. The van der Waals surface area contributed by atoms with Crippen LogP contribution in [0.5, 0.6) is 5.75 Å². The van der Waals surface area contributed by atoms with Crippen molar-refractivity contribution in [2.75, 3.05) is 7.11 Å². The van der Waals surface area contributed by atoms with E-state index >= 15 is 0 Å². The quantitative estimate of drug-likeness (QED) is 0.851. The Morgan fingerprint density at radius 1 is 1.32 bits per heavy atom. The third kappa shape index (κ3) is 3.71. The first-order chi connectivity index (χ1) is 8.86. The monoisotopic (exact) mass is 265 g/mol. The second kappa shape index (κ2) is 6.22. The van der Waals surface area contributed by atoms with Gasteiger partial charge in [-0.3, -0.25) is 4.79 Å². The molecule has 0 aliphatic heterocycles. The molecule has 0 saturated heterocycles. The van der Waals surface area contributed by atoms with E-state index in [4.69, 9.17) is 9.84 Å². The van der Waals surface area contributed by atoms with Crippen LogP contribution in [0.1, 0.15) is 29.8 Å². The van der Waals surface area contributed by atoms with E-state index in [2.05, 4.69) is 5.32 Å². The SMILES string of the molecule is COc1cc(C(=O)N[C@H](C(=O)O)C(C)C)ccc1C. The largest absolute Gasteiger partial charge is 0.496 e. The fourth-order valence-electron chi connectivity index (χ4n) is 1.70. The molecule has 1 amide bonds. The number of amides is 1. The third-order valence-electron chi connectivity index (χ3n) is 2.89. The molecule has 0 heterocycles. The molecule has 2 N–H and O–H groups in total. The van der Waals surface area contributed by atoms with E-state index in [0.29, 0.717) is 11.3 Å². The van der Waals surface area contributed by atoms with Crippen molar-refractivity contribution in [3.63, 3.8) is 0 Å². The molecule has 5 heteroatoms. The Morgan fingerprint density at radius 3 is 2.42 bits per heavy atom. The van der Waals surface area contributed by atoms with Gasteiger partial charge >= 0.3 is 5.97 Å². The number of carbonyl (C=O) groups excluding carboxylic acids is 1. The average molecular weight is 265 g/mol. The number of ether oxygens (including phenoxy) is 1. The van der Waals surface area contributed by atoms with E-state index in [0.717, 1.165) is 5.56 Å². The molecule has 1 aromatic carbocycles. The third-order valence-corrected chi connectivity index (χ3v) is 2.89. The summed E-state index contributed by atoms with van der Waals surface area (Å²) >= 11 is 0. The van der Waals surface area contributed by atoms with Crippen LogP contribution in [0.15, 0.2) is 18.2 Å². The molecule has 0 aromatic heterocycles. The predicted molar refractivity (Wildman–Crippen MR) is 71.5 cm³/mol. The topological polar surface area (TPSA) is 75.6 Å². The number of carboxylic acids is 1. The fourth-order valence-corrected chi connectivity index (χ4v) is 1.70. The van der Waals surface area contributed by atoms with Gasteiger partial charge in [-0.25, -0.2) is 4.79 Å². The molecule has 0 bridgehead atoms. The second-order valence-electron chi connectivity index (χ2n) is 4.72. The lowest BCUT2D eigenvalue weighted by atomic mass is 10.0. The summed E-state index contributed by atoms with van der Waals surface area (Å²) in [6, 6.07) is 4.11. The van der Waals surface area contributed by atoms with Crippen LogP contribution < -0.4 is 10.1 Å². The first-order valence-corrected chi connectivity index (χ1v) is 6.05. The van der Waals surface area contributed by atoms with Crippen molar-refractivity contribution in [3.8, 4) is 5.75 Å². The highest BCUT2D eigenvalue weighted by Gasteiger charge is 2.24. The zero-order valence-electron chi connectivity index (χ0n) is 11.6. The van der Waals surface area contributed by atoms with Gasteiger partial charge in [-0.15, -0.1) is 0 Å². The molecule has 19 heavy (non-hydrogen) atoms. The van der Waals surface area contributed by atoms with Crippen molar-refractivity contribution in [1.29, 1.82) is 0 Å². The maximum atomic E-state index is 12.0. The number of carbonyl (C=O) groups is 2. The van der Waals surface area contributed by atoms with Crippen molar-refractivity contribution in [2.45, 2.75) is 26.8 Å². The molecular formula is C14H19NO4. The minimum Gasteiger partial charge on any atom is -0.496 e. The van der Waals surface area contributed by atoms with Gasteiger partial charge in [0.1, 0.15) is 11.8 Å². The second-order valence-corrected chi connectivity index (χ2v) is 4.72. The number of carboxylic acid groups (broad SMARTS) is 1. The van der Waals surface area contributed by atoms with Crippen molar-refractivity contribution >= 4 is 11.9 Å². The zero-order chi connectivity index (χ0) is 14.6. The van der Waals surface area contributed by atoms with Gasteiger partial charge in [-0.2, -0.15) is 0 Å². The first kappa shape index (κ1) is 15.0. The summed E-state index contributed by atoms with van der Waals surface area (Å²) in [5, 5.41) is 11.6. The minimum atomic E-state index is -1.04. The van der Waals surface area contributed by atoms with Crippen LogP contribution in [0.3, 0.4) is 0 Å². The standard InChI is InChI=1S/C14H19NO4/c1-8(2)12(14(17)18)15-13(16)10-6-5-9(3)11(7-10)19-4/h5-8,12H,1-4H3,(H,15,16)(H,17,18)/t12-/m0/s1. The number of hydrogen-bond acceptors (Lipinski definition) is 3. The molecule has 1 rings (SSSR count).